The average molecular weight is 314 g/mol. The van der Waals surface area contributed by atoms with Crippen LogP contribution in [0, 0.1) is 0 Å². The van der Waals surface area contributed by atoms with Crippen molar-refractivity contribution in [3.8, 4) is 0 Å². The largest absolute Gasteiger partial charge is 0.375 e. The van der Waals surface area contributed by atoms with E-state index in [1.165, 1.54) is 11.3 Å². The molecule has 0 fully saturated rings. The lowest BCUT2D eigenvalue weighted by Gasteiger charge is -2.19. The van der Waals surface area contributed by atoms with Gasteiger partial charge in [0.2, 0.25) is 11.7 Å². The minimum atomic E-state index is -0.255. The van der Waals surface area contributed by atoms with Crippen LogP contribution in [-0.4, -0.2) is 25.3 Å². The second kappa shape index (κ2) is 5.06. The first-order valence-corrected chi connectivity index (χ1v) is 7.88. The monoisotopic (exact) mass is 314 g/mol. The van der Waals surface area contributed by atoms with E-state index in [1.807, 2.05) is 12.3 Å². The molecule has 0 bridgehead atoms. The zero-order valence-corrected chi connectivity index (χ0v) is 12.5. The molecule has 1 unspecified atom stereocenters. The summed E-state index contributed by atoms with van der Waals surface area (Å²) in [5.74, 6) is 0.712. The Morgan fingerprint density at radius 3 is 3.23 bits per heavy atom. The number of rotatable bonds is 2. The van der Waals surface area contributed by atoms with Crippen LogP contribution in [0.3, 0.4) is 0 Å². The van der Waals surface area contributed by atoms with E-state index in [2.05, 4.69) is 20.3 Å². The van der Waals surface area contributed by atoms with Gasteiger partial charge < -0.3 is 11.1 Å². The number of amides is 1. The number of imidazole rings is 1. The lowest BCUT2D eigenvalue weighted by molar-refractivity contribution is -0.118. The molecule has 0 aromatic carbocycles. The van der Waals surface area contributed by atoms with Gasteiger partial charge in [-0.3, -0.25) is 9.20 Å². The fourth-order valence-corrected chi connectivity index (χ4v) is 3.73. The molecule has 1 aliphatic carbocycles. The van der Waals surface area contributed by atoms with Crippen LogP contribution in [0.15, 0.2) is 24.7 Å². The van der Waals surface area contributed by atoms with Crippen LogP contribution in [-0.2, 0) is 11.2 Å². The van der Waals surface area contributed by atoms with Crippen molar-refractivity contribution in [2.45, 2.75) is 25.2 Å². The van der Waals surface area contributed by atoms with Gasteiger partial charge in [0.05, 0.1) is 17.8 Å². The number of nitrogens with one attached hydrogen (secondary N) is 1. The van der Waals surface area contributed by atoms with E-state index < -0.39 is 0 Å². The Bertz CT molecular complexity index is 821. The van der Waals surface area contributed by atoms with Crippen molar-refractivity contribution >= 4 is 34.0 Å². The topological polar surface area (TPSA) is 98.2 Å². The third-order valence-corrected chi connectivity index (χ3v) is 4.73. The Hall–Kier alpha value is -2.48. The summed E-state index contributed by atoms with van der Waals surface area (Å²) in [6.45, 7) is 0. The Morgan fingerprint density at radius 1 is 1.45 bits per heavy atom. The highest BCUT2D eigenvalue weighted by Gasteiger charge is 2.30. The normalized spacial score (nSPS) is 17.4. The lowest BCUT2D eigenvalue weighted by Crippen LogP contribution is -2.24. The van der Waals surface area contributed by atoms with E-state index in [-0.39, 0.29) is 11.8 Å². The molecule has 3 N–H and O–H groups in total. The Labute approximate surface area is 130 Å². The second-order valence-corrected chi connectivity index (χ2v) is 6.36. The molecule has 0 aliphatic heterocycles. The summed E-state index contributed by atoms with van der Waals surface area (Å²) in [6, 6.07) is 1.81. The number of fused-ring (bicyclic) bond motifs is 2. The number of nitrogens with two attached hydrogens (primary N) is 1. The van der Waals surface area contributed by atoms with Crippen molar-refractivity contribution in [3.05, 3.63) is 35.2 Å². The van der Waals surface area contributed by atoms with Crippen molar-refractivity contribution in [1.29, 1.82) is 0 Å². The molecule has 0 saturated carbocycles. The molecule has 0 spiro atoms. The standard InChI is InChI=1S/C14H14N6OS/c15-13-19-11-8(3-1-4-9(11)22-13)12(21)17-10-7-20-6-2-5-16-14(20)18-10/h2,5-8H,1,3-4H2,(H2,15,19)(H,17,21). The summed E-state index contributed by atoms with van der Waals surface area (Å²) < 4.78 is 1.77. The average Bonchev–Trinajstić information content (AvgIpc) is 3.07. The number of nitrogen functional groups attached to an aromatic ring is 1. The van der Waals surface area contributed by atoms with Crippen molar-refractivity contribution < 1.29 is 4.79 Å². The molecule has 1 aliphatic rings. The highest BCUT2D eigenvalue weighted by molar-refractivity contribution is 7.15. The SMILES string of the molecule is Nc1nc2c(s1)CCCC2C(=O)Nc1cn2cccnc2n1. The molecule has 3 aromatic rings. The van der Waals surface area contributed by atoms with Crippen LogP contribution >= 0.6 is 11.3 Å². The first-order valence-electron chi connectivity index (χ1n) is 7.06. The van der Waals surface area contributed by atoms with Crippen molar-refractivity contribution in [2.75, 3.05) is 11.1 Å². The maximum atomic E-state index is 12.6. The smallest absolute Gasteiger partial charge is 0.235 e. The summed E-state index contributed by atoms with van der Waals surface area (Å²) in [5, 5.41) is 3.39. The zero-order valence-electron chi connectivity index (χ0n) is 11.7. The Morgan fingerprint density at radius 2 is 2.36 bits per heavy atom. The molecule has 1 amide bonds. The minimum Gasteiger partial charge on any atom is -0.375 e. The molecule has 112 valence electrons. The van der Waals surface area contributed by atoms with Gasteiger partial charge >= 0.3 is 0 Å². The van der Waals surface area contributed by atoms with E-state index >= 15 is 0 Å². The molecule has 4 rings (SSSR count). The predicted molar refractivity (Wildman–Crippen MR) is 83.8 cm³/mol. The van der Waals surface area contributed by atoms with E-state index in [0.29, 0.717) is 16.7 Å². The zero-order chi connectivity index (χ0) is 15.1. The van der Waals surface area contributed by atoms with Crippen LogP contribution in [0.2, 0.25) is 0 Å². The number of carbonyl (C=O) groups is 1. The Balaban J connectivity index is 1.60. The van der Waals surface area contributed by atoms with Gasteiger partial charge in [0, 0.05) is 17.3 Å². The molecule has 22 heavy (non-hydrogen) atoms. The molecule has 0 radical (unpaired) electrons. The van der Waals surface area contributed by atoms with Gasteiger partial charge in [-0.1, -0.05) is 0 Å². The molecule has 1 atom stereocenters. The van der Waals surface area contributed by atoms with Gasteiger partial charge in [-0.2, -0.15) is 4.98 Å². The highest BCUT2D eigenvalue weighted by atomic mass is 32.1. The number of hydrogen-bond acceptors (Lipinski definition) is 6. The number of carbonyl (C=O) groups excluding carboxylic acids is 1. The van der Waals surface area contributed by atoms with Crippen molar-refractivity contribution in [1.82, 2.24) is 19.4 Å². The van der Waals surface area contributed by atoms with E-state index in [1.54, 1.807) is 16.8 Å². The maximum absolute atomic E-state index is 12.6. The Kier molecular flexibility index (Phi) is 3.04. The van der Waals surface area contributed by atoms with Gasteiger partial charge in [0.1, 0.15) is 0 Å². The number of aryl methyl sites for hydroxylation is 1. The lowest BCUT2D eigenvalue weighted by atomic mass is 9.90. The molecule has 3 heterocycles. The quantitative estimate of drug-likeness (QED) is 0.752. The summed E-state index contributed by atoms with van der Waals surface area (Å²) in [5.41, 5.74) is 6.60. The summed E-state index contributed by atoms with van der Waals surface area (Å²) in [7, 11) is 0. The predicted octanol–water partition coefficient (Wildman–Crippen LogP) is 1.83. The first kappa shape index (κ1) is 13.2. The number of hydrogen-bond donors (Lipinski definition) is 2. The van der Waals surface area contributed by atoms with Crippen LogP contribution in [0.5, 0.6) is 0 Å². The van der Waals surface area contributed by atoms with Gasteiger partial charge in [-0.15, -0.1) is 11.3 Å². The van der Waals surface area contributed by atoms with Crippen LogP contribution in [0.25, 0.3) is 5.78 Å². The molecular formula is C14H14N6OS. The number of nitrogens with zero attached hydrogens (tertiary/aromatic N) is 4. The number of anilines is 2. The number of thiazole rings is 1. The van der Waals surface area contributed by atoms with Crippen molar-refractivity contribution in [2.24, 2.45) is 0 Å². The van der Waals surface area contributed by atoms with Crippen LogP contribution in [0.4, 0.5) is 10.9 Å². The van der Waals surface area contributed by atoms with E-state index in [4.69, 9.17) is 5.73 Å². The summed E-state index contributed by atoms with van der Waals surface area (Å²) in [4.78, 5) is 26.4. The molecule has 3 aromatic heterocycles. The summed E-state index contributed by atoms with van der Waals surface area (Å²) in [6.07, 6.45) is 7.96. The molecule has 7 nitrogen and oxygen atoms in total. The third kappa shape index (κ3) is 2.21. The van der Waals surface area contributed by atoms with Crippen molar-refractivity contribution in [3.63, 3.8) is 0 Å². The van der Waals surface area contributed by atoms with E-state index in [0.717, 1.165) is 29.8 Å². The second-order valence-electron chi connectivity index (χ2n) is 5.25. The highest BCUT2D eigenvalue weighted by Crippen LogP contribution is 2.36. The third-order valence-electron chi connectivity index (χ3n) is 3.77. The van der Waals surface area contributed by atoms with Gasteiger partial charge in [-0.05, 0) is 25.3 Å². The van der Waals surface area contributed by atoms with Crippen LogP contribution in [0.1, 0.15) is 29.3 Å². The fourth-order valence-electron chi connectivity index (χ4n) is 2.80. The molecule has 0 saturated heterocycles. The first-order chi connectivity index (χ1) is 10.7. The number of aromatic nitrogens is 4. The maximum Gasteiger partial charge on any atom is 0.235 e. The van der Waals surface area contributed by atoms with Gasteiger partial charge in [-0.25, -0.2) is 9.97 Å². The van der Waals surface area contributed by atoms with E-state index in [9.17, 15) is 4.79 Å². The van der Waals surface area contributed by atoms with Gasteiger partial charge in [0.25, 0.3) is 0 Å². The fraction of sp³-hybridized carbons (Fsp3) is 0.286. The molecular weight excluding hydrogens is 300 g/mol. The molecule has 8 heteroatoms. The van der Waals surface area contributed by atoms with Crippen LogP contribution < -0.4 is 11.1 Å². The summed E-state index contributed by atoms with van der Waals surface area (Å²) >= 11 is 1.48. The van der Waals surface area contributed by atoms with Gasteiger partial charge in [0.15, 0.2) is 10.9 Å². The minimum absolute atomic E-state index is 0.0883.